The molecule has 5 N–H and O–H groups in total. The maximum atomic E-state index is 8.34. The van der Waals surface area contributed by atoms with Gasteiger partial charge in [0.15, 0.2) is 0 Å². The van der Waals surface area contributed by atoms with Gasteiger partial charge in [0, 0.05) is 16.9 Å². The Kier molecular flexibility index (Phi) is 4.46. The Bertz CT molecular complexity index is 710. The van der Waals surface area contributed by atoms with Crippen LogP contribution >= 0.6 is 0 Å². The number of nitrogens with zero attached hydrogens (tertiary/aromatic N) is 4. The van der Waals surface area contributed by atoms with E-state index in [0.29, 0.717) is 17.1 Å². The van der Waals surface area contributed by atoms with Crippen molar-refractivity contribution in [2.24, 2.45) is 0 Å². The molecule has 0 saturated carbocycles. The minimum absolute atomic E-state index is 0.579. The first-order valence-electron chi connectivity index (χ1n) is 6.04. The molecule has 0 amide bonds. The number of nitrogens with one attached hydrogen (secondary N) is 1. The third kappa shape index (κ3) is 4.04. The van der Waals surface area contributed by atoms with E-state index < -0.39 is 0 Å². The number of tetrazole rings is 1. The molecule has 1 heterocycles. The average molecular weight is 279 g/mol. The lowest BCUT2D eigenvalue weighted by Crippen LogP contribution is -1.85. The Morgan fingerprint density at radius 2 is 1.48 bits per heavy atom. The van der Waals surface area contributed by atoms with E-state index in [1.165, 1.54) is 0 Å². The van der Waals surface area contributed by atoms with E-state index in [4.69, 9.17) is 16.7 Å². The number of anilines is 2. The summed E-state index contributed by atoms with van der Waals surface area (Å²) in [7, 11) is 0. The third-order valence-corrected chi connectivity index (χ3v) is 2.55. The van der Waals surface area contributed by atoms with Gasteiger partial charge in [0.25, 0.3) is 0 Å². The van der Waals surface area contributed by atoms with Gasteiger partial charge in [-0.2, -0.15) is 10.5 Å². The Morgan fingerprint density at radius 3 is 1.95 bits per heavy atom. The Hall–Kier alpha value is -3.40. The van der Waals surface area contributed by atoms with Crippen molar-refractivity contribution in [2.45, 2.75) is 0 Å². The quantitative estimate of drug-likeness (QED) is 0.580. The minimum Gasteiger partial charge on any atom is -0.399 e. The van der Waals surface area contributed by atoms with Gasteiger partial charge in [0.1, 0.15) is 0 Å². The molecule has 104 valence electrons. The van der Waals surface area contributed by atoms with Gasteiger partial charge in [-0.1, -0.05) is 0 Å². The van der Waals surface area contributed by atoms with E-state index >= 15 is 0 Å². The van der Waals surface area contributed by atoms with Crippen LogP contribution in [0.5, 0.6) is 0 Å². The van der Waals surface area contributed by atoms with Gasteiger partial charge in [-0.3, -0.25) is 0 Å². The van der Waals surface area contributed by atoms with Crippen LogP contribution in [0.2, 0.25) is 0 Å². The Balaban J connectivity index is 0.000000161. The second-order valence-electron chi connectivity index (χ2n) is 4.09. The molecule has 0 fully saturated rings. The number of rotatable bonds is 1. The van der Waals surface area contributed by atoms with Gasteiger partial charge in [-0.15, -0.1) is 10.2 Å². The van der Waals surface area contributed by atoms with E-state index in [1.807, 2.05) is 18.2 Å². The summed E-state index contributed by atoms with van der Waals surface area (Å²) in [5, 5.41) is 21.8. The lowest BCUT2D eigenvalue weighted by molar-refractivity contribution is 0.881. The topological polar surface area (TPSA) is 130 Å². The number of benzene rings is 2. The summed E-state index contributed by atoms with van der Waals surface area (Å²) < 4.78 is 0. The zero-order valence-corrected chi connectivity index (χ0v) is 11.1. The molecule has 0 aliphatic heterocycles. The number of nitrogens with two attached hydrogens (primary N) is 2. The van der Waals surface area contributed by atoms with Gasteiger partial charge < -0.3 is 11.5 Å². The standard InChI is InChI=1S/C7H7N5.C7H6N2/c8-6-3-1-5(2-4-6)7-9-11-12-10-7;8-5-6-1-3-7(9)4-2-6/h1-4H,8H2,(H,9,10,11,12);1-4H,9H2. The van der Waals surface area contributed by atoms with Crippen LogP contribution in [0.1, 0.15) is 5.56 Å². The monoisotopic (exact) mass is 279 g/mol. The maximum absolute atomic E-state index is 8.34. The zero-order valence-electron chi connectivity index (χ0n) is 11.1. The molecule has 0 aliphatic rings. The second kappa shape index (κ2) is 6.68. The molecule has 0 bridgehead atoms. The first-order valence-corrected chi connectivity index (χ1v) is 6.04. The van der Waals surface area contributed by atoms with Crippen molar-refractivity contribution < 1.29 is 0 Å². The van der Waals surface area contributed by atoms with Crippen LogP contribution in [-0.2, 0) is 0 Å². The summed E-state index contributed by atoms with van der Waals surface area (Å²) in [6, 6.07) is 16.1. The average Bonchev–Trinajstić information content (AvgIpc) is 3.04. The molecule has 2 aromatic carbocycles. The summed E-state index contributed by atoms with van der Waals surface area (Å²) in [6.07, 6.45) is 0. The SMILES string of the molecule is N#Cc1ccc(N)cc1.Nc1ccc(-c2nn[nH]n2)cc1. The summed E-state index contributed by atoms with van der Waals surface area (Å²) >= 11 is 0. The van der Waals surface area contributed by atoms with Crippen LogP contribution in [0, 0.1) is 11.3 Å². The van der Waals surface area contributed by atoms with Crippen molar-refractivity contribution in [3.8, 4) is 17.5 Å². The fourth-order valence-electron chi connectivity index (χ4n) is 1.47. The number of nitriles is 1. The van der Waals surface area contributed by atoms with Crippen LogP contribution < -0.4 is 11.5 Å². The molecule has 7 nitrogen and oxygen atoms in total. The summed E-state index contributed by atoms with van der Waals surface area (Å²) in [4.78, 5) is 0. The highest BCUT2D eigenvalue weighted by molar-refractivity contribution is 5.57. The summed E-state index contributed by atoms with van der Waals surface area (Å²) in [5.41, 5.74) is 13.8. The van der Waals surface area contributed by atoms with E-state index in [-0.39, 0.29) is 0 Å². The lowest BCUT2D eigenvalue weighted by atomic mass is 10.2. The molecule has 7 heteroatoms. The largest absolute Gasteiger partial charge is 0.399 e. The van der Waals surface area contributed by atoms with Gasteiger partial charge in [0.2, 0.25) is 5.82 Å². The van der Waals surface area contributed by atoms with Crippen molar-refractivity contribution in [3.05, 3.63) is 54.1 Å². The molecule has 1 aromatic heterocycles. The molecule has 21 heavy (non-hydrogen) atoms. The highest BCUT2D eigenvalue weighted by atomic mass is 15.5. The predicted octanol–water partition coefficient (Wildman–Crippen LogP) is 1.59. The van der Waals surface area contributed by atoms with Crippen molar-refractivity contribution >= 4 is 11.4 Å². The molecule has 3 rings (SSSR count). The van der Waals surface area contributed by atoms with E-state index in [0.717, 1.165) is 11.3 Å². The molecule has 0 saturated heterocycles. The minimum atomic E-state index is 0.579. The van der Waals surface area contributed by atoms with E-state index in [1.54, 1.807) is 36.4 Å². The van der Waals surface area contributed by atoms with Crippen LogP contribution in [0.25, 0.3) is 11.4 Å². The first-order chi connectivity index (χ1) is 10.2. The van der Waals surface area contributed by atoms with Gasteiger partial charge in [-0.05, 0) is 53.7 Å². The van der Waals surface area contributed by atoms with Crippen LogP contribution in [0.4, 0.5) is 11.4 Å². The molecule has 0 radical (unpaired) electrons. The molecular weight excluding hydrogens is 266 g/mol. The number of aromatic nitrogens is 4. The van der Waals surface area contributed by atoms with Crippen LogP contribution in [0.3, 0.4) is 0 Å². The van der Waals surface area contributed by atoms with Crippen molar-refractivity contribution in [1.82, 2.24) is 20.6 Å². The number of hydrogen-bond acceptors (Lipinski definition) is 6. The van der Waals surface area contributed by atoms with E-state index in [2.05, 4.69) is 20.6 Å². The maximum Gasteiger partial charge on any atom is 0.204 e. The number of hydrogen-bond donors (Lipinski definition) is 3. The van der Waals surface area contributed by atoms with Gasteiger partial charge >= 0.3 is 0 Å². The predicted molar refractivity (Wildman–Crippen MR) is 79.6 cm³/mol. The highest BCUT2D eigenvalue weighted by Crippen LogP contribution is 2.14. The van der Waals surface area contributed by atoms with Gasteiger partial charge in [-0.25, -0.2) is 0 Å². The molecule has 0 atom stereocenters. The fraction of sp³-hybridized carbons (Fsp3) is 0. The van der Waals surface area contributed by atoms with Crippen molar-refractivity contribution in [1.29, 1.82) is 5.26 Å². The normalized spacial score (nSPS) is 9.29. The van der Waals surface area contributed by atoms with E-state index in [9.17, 15) is 0 Å². The number of aromatic amines is 1. The smallest absolute Gasteiger partial charge is 0.204 e. The first kappa shape index (κ1) is 14.0. The highest BCUT2D eigenvalue weighted by Gasteiger charge is 2.00. The Morgan fingerprint density at radius 1 is 0.905 bits per heavy atom. The zero-order chi connectivity index (χ0) is 15.1. The van der Waals surface area contributed by atoms with Crippen LogP contribution in [0.15, 0.2) is 48.5 Å². The molecule has 0 aliphatic carbocycles. The molecule has 3 aromatic rings. The number of nitrogen functional groups attached to an aromatic ring is 2. The molecule has 0 unspecified atom stereocenters. The van der Waals surface area contributed by atoms with Crippen molar-refractivity contribution in [2.75, 3.05) is 11.5 Å². The second-order valence-corrected chi connectivity index (χ2v) is 4.09. The third-order valence-electron chi connectivity index (χ3n) is 2.55. The Labute approximate surface area is 121 Å². The summed E-state index contributed by atoms with van der Waals surface area (Å²) in [5.74, 6) is 0.579. The lowest BCUT2D eigenvalue weighted by Gasteiger charge is -1.93. The molecular formula is C14H13N7. The van der Waals surface area contributed by atoms with Crippen LogP contribution in [-0.4, -0.2) is 20.6 Å². The summed E-state index contributed by atoms with van der Waals surface area (Å²) in [6.45, 7) is 0. The fourth-order valence-corrected chi connectivity index (χ4v) is 1.47. The van der Waals surface area contributed by atoms with Gasteiger partial charge in [0.05, 0.1) is 11.6 Å². The molecule has 0 spiro atoms. The van der Waals surface area contributed by atoms with Crippen molar-refractivity contribution in [3.63, 3.8) is 0 Å². The number of H-pyrrole nitrogens is 1.